The van der Waals surface area contributed by atoms with E-state index in [0.717, 1.165) is 5.56 Å². The van der Waals surface area contributed by atoms with Crippen molar-refractivity contribution in [2.45, 2.75) is 31.9 Å². The Morgan fingerprint density at radius 1 is 1.33 bits per heavy atom. The van der Waals surface area contributed by atoms with E-state index in [2.05, 4.69) is 0 Å². The third-order valence-electron chi connectivity index (χ3n) is 3.23. The van der Waals surface area contributed by atoms with Crippen molar-refractivity contribution in [3.8, 4) is 0 Å². The molecule has 0 radical (unpaired) electrons. The molecule has 1 aromatic carbocycles. The fourth-order valence-electron chi connectivity index (χ4n) is 2.06. The lowest BCUT2D eigenvalue weighted by atomic mass is 9.88. The molecule has 1 aromatic rings. The van der Waals surface area contributed by atoms with Crippen molar-refractivity contribution < 1.29 is 19.0 Å². The first-order valence-corrected chi connectivity index (χ1v) is 7.16. The Labute approximate surface area is 126 Å². The highest BCUT2D eigenvalue weighted by Crippen LogP contribution is 2.24. The zero-order valence-electron chi connectivity index (χ0n) is 13.0. The number of rotatable bonds is 9. The van der Waals surface area contributed by atoms with Crippen LogP contribution in [0.4, 0.5) is 0 Å². The molecule has 0 bridgehead atoms. The van der Waals surface area contributed by atoms with Gasteiger partial charge in [0.15, 0.2) is 0 Å². The highest BCUT2D eigenvalue weighted by Gasteiger charge is 2.37. The molecule has 0 aromatic heterocycles. The molecule has 0 fully saturated rings. The summed E-state index contributed by atoms with van der Waals surface area (Å²) >= 11 is 0. The van der Waals surface area contributed by atoms with E-state index in [1.54, 1.807) is 14.0 Å². The Kier molecular flexibility index (Phi) is 7.36. The van der Waals surface area contributed by atoms with Crippen molar-refractivity contribution in [3.05, 3.63) is 35.9 Å². The monoisotopic (exact) mass is 295 g/mol. The van der Waals surface area contributed by atoms with E-state index in [1.165, 1.54) is 0 Å². The van der Waals surface area contributed by atoms with Crippen LogP contribution in [0.2, 0.25) is 0 Å². The van der Waals surface area contributed by atoms with Crippen LogP contribution in [0.5, 0.6) is 0 Å². The summed E-state index contributed by atoms with van der Waals surface area (Å²) in [7, 11) is 1.62. The van der Waals surface area contributed by atoms with Crippen molar-refractivity contribution in [1.29, 1.82) is 0 Å². The summed E-state index contributed by atoms with van der Waals surface area (Å²) in [5.74, 6) is -0.431. The number of hydrogen-bond donors (Lipinski definition) is 1. The van der Waals surface area contributed by atoms with Crippen LogP contribution in [0, 0.1) is 0 Å². The van der Waals surface area contributed by atoms with Crippen molar-refractivity contribution in [2.75, 3.05) is 26.9 Å². The molecule has 2 atom stereocenters. The third kappa shape index (κ3) is 5.12. The molecule has 118 valence electrons. The van der Waals surface area contributed by atoms with Gasteiger partial charge in [-0.2, -0.15) is 0 Å². The molecule has 0 aliphatic carbocycles. The molecule has 5 heteroatoms. The zero-order valence-corrected chi connectivity index (χ0v) is 13.0. The van der Waals surface area contributed by atoms with Gasteiger partial charge in [-0.05, 0) is 19.4 Å². The largest absolute Gasteiger partial charge is 0.464 e. The number of benzene rings is 1. The van der Waals surface area contributed by atoms with E-state index in [4.69, 9.17) is 19.9 Å². The summed E-state index contributed by atoms with van der Waals surface area (Å²) in [5.41, 5.74) is 5.86. The van der Waals surface area contributed by atoms with Crippen molar-refractivity contribution in [2.24, 2.45) is 5.73 Å². The maximum atomic E-state index is 12.2. The van der Waals surface area contributed by atoms with Gasteiger partial charge in [-0.25, -0.2) is 4.79 Å². The Hall–Kier alpha value is -1.43. The minimum atomic E-state index is -1.19. The minimum absolute atomic E-state index is 0.0442. The summed E-state index contributed by atoms with van der Waals surface area (Å²) in [4.78, 5) is 12.2. The number of nitrogens with two attached hydrogens (primary N) is 1. The van der Waals surface area contributed by atoms with Gasteiger partial charge in [0, 0.05) is 20.1 Å². The number of methoxy groups -OCH3 is 1. The molecule has 0 aliphatic heterocycles. The maximum absolute atomic E-state index is 12.2. The van der Waals surface area contributed by atoms with Gasteiger partial charge in [0.1, 0.15) is 5.54 Å². The predicted octanol–water partition coefficient (Wildman–Crippen LogP) is 1.85. The molecule has 0 saturated carbocycles. The molecule has 0 amide bonds. The number of carbonyl (C=O) groups excluding carboxylic acids is 1. The van der Waals surface area contributed by atoms with Crippen molar-refractivity contribution in [3.63, 3.8) is 0 Å². The van der Waals surface area contributed by atoms with Gasteiger partial charge < -0.3 is 19.9 Å². The van der Waals surface area contributed by atoms with E-state index in [9.17, 15) is 4.79 Å². The predicted molar refractivity (Wildman–Crippen MR) is 80.8 cm³/mol. The summed E-state index contributed by atoms with van der Waals surface area (Å²) in [6, 6.07) is 9.24. The van der Waals surface area contributed by atoms with Crippen LogP contribution in [0.15, 0.2) is 30.3 Å². The second-order valence-corrected chi connectivity index (χ2v) is 4.94. The molecule has 0 heterocycles. The molecule has 0 aliphatic rings. The third-order valence-corrected chi connectivity index (χ3v) is 3.23. The number of carbonyl (C=O) groups is 1. The van der Waals surface area contributed by atoms with Crippen LogP contribution in [-0.4, -0.2) is 39.0 Å². The summed E-state index contributed by atoms with van der Waals surface area (Å²) in [6.07, 6.45) is 0.307. The quantitative estimate of drug-likeness (QED) is 0.704. The van der Waals surface area contributed by atoms with Crippen LogP contribution < -0.4 is 5.73 Å². The van der Waals surface area contributed by atoms with Gasteiger partial charge in [-0.3, -0.25) is 0 Å². The Balaban J connectivity index is 2.76. The van der Waals surface area contributed by atoms with Crippen molar-refractivity contribution in [1.82, 2.24) is 0 Å². The fourth-order valence-corrected chi connectivity index (χ4v) is 2.06. The van der Waals surface area contributed by atoms with Crippen LogP contribution in [0.3, 0.4) is 0 Å². The van der Waals surface area contributed by atoms with Crippen LogP contribution in [0.1, 0.15) is 25.8 Å². The van der Waals surface area contributed by atoms with E-state index < -0.39 is 11.5 Å². The van der Waals surface area contributed by atoms with Gasteiger partial charge in [0.05, 0.1) is 19.3 Å². The lowest BCUT2D eigenvalue weighted by Gasteiger charge is -2.28. The zero-order chi connectivity index (χ0) is 15.7. The first kappa shape index (κ1) is 17.6. The van der Waals surface area contributed by atoms with E-state index >= 15 is 0 Å². The number of hydrogen-bond acceptors (Lipinski definition) is 5. The van der Waals surface area contributed by atoms with Crippen LogP contribution >= 0.6 is 0 Å². The Bertz CT molecular complexity index is 424. The van der Waals surface area contributed by atoms with E-state index in [0.29, 0.717) is 26.2 Å². The highest BCUT2D eigenvalue weighted by molar-refractivity contribution is 5.82. The minimum Gasteiger partial charge on any atom is -0.464 e. The number of ether oxygens (including phenoxy) is 3. The molecule has 0 saturated heterocycles. The summed E-state index contributed by atoms with van der Waals surface area (Å²) < 4.78 is 15.7. The van der Waals surface area contributed by atoms with Crippen molar-refractivity contribution >= 4 is 5.97 Å². The smallest absolute Gasteiger partial charge is 0.330 e. The van der Waals surface area contributed by atoms with Gasteiger partial charge in [0.2, 0.25) is 0 Å². The average molecular weight is 295 g/mol. The van der Waals surface area contributed by atoms with E-state index in [-0.39, 0.29) is 6.10 Å². The lowest BCUT2D eigenvalue weighted by Crippen LogP contribution is -2.47. The topological polar surface area (TPSA) is 70.8 Å². The first-order chi connectivity index (χ1) is 10.0. The number of esters is 1. The van der Waals surface area contributed by atoms with Gasteiger partial charge in [-0.1, -0.05) is 30.3 Å². The molecule has 0 spiro atoms. The second kappa shape index (κ2) is 8.77. The van der Waals surface area contributed by atoms with Gasteiger partial charge >= 0.3 is 5.97 Å². The molecule has 5 nitrogen and oxygen atoms in total. The molecule has 21 heavy (non-hydrogen) atoms. The average Bonchev–Trinajstić information content (AvgIpc) is 2.48. The molecular formula is C16H25NO4. The maximum Gasteiger partial charge on any atom is 0.330 e. The SMILES string of the molecule is CCOC(=O)C(N)(CCOC(C)COC)c1ccccc1. The molecule has 1 rings (SSSR count). The Morgan fingerprint density at radius 3 is 2.57 bits per heavy atom. The molecule has 2 unspecified atom stereocenters. The molecular weight excluding hydrogens is 270 g/mol. The second-order valence-electron chi connectivity index (χ2n) is 4.94. The normalized spacial score (nSPS) is 15.2. The Morgan fingerprint density at radius 2 is 2.00 bits per heavy atom. The highest BCUT2D eigenvalue weighted by atomic mass is 16.5. The summed E-state index contributed by atoms with van der Waals surface area (Å²) in [6.45, 7) is 4.83. The van der Waals surface area contributed by atoms with Crippen LogP contribution in [0.25, 0.3) is 0 Å². The lowest BCUT2D eigenvalue weighted by molar-refractivity contribution is -0.151. The van der Waals surface area contributed by atoms with Crippen LogP contribution in [-0.2, 0) is 24.5 Å². The van der Waals surface area contributed by atoms with Gasteiger partial charge in [-0.15, -0.1) is 0 Å². The van der Waals surface area contributed by atoms with Gasteiger partial charge in [0.25, 0.3) is 0 Å². The first-order valence-electron chi connectivity index (χ1n) is 7.16. The fraction of sp³-hybridized carbons (Fsp3) is 0.562. The summed E-state index contributed by atoms with van der Waals surface area (Å²) in [5, 5.41) is 0. The van der Waals surface area contributed by atoms with E-state index in [1.807, 2.05) is 37.3 Å². The molecule has 2 N–H and O–H groups in total. The standard InChI is InChI=1S/C16H25NO4/c1-4-20-15(18)16(17,14-8-6-5-7-9-14)10-11-21-13(2)12-19-3/h5-9,13H,4,10-12,17H2,1-3H3.